The van der Waals surface area contributed by atoms with Crippen molar-refractivity contribution in [2.75, 3.05) is 27.2 Å². The summed E-state index contributed by atoms with van der Waals surface area (Å²) in [4.78, 5) is 14.1. The Kier molecular flexibility index (Phi) is 6.21. The third kappa shape index (κ3) is 4.64. The van der Waals surface area contributed by atoms with Gasteiger partial charge in [-0.3, -0.25) is 4.79 Å². The molecule has 0 saturated carbocycles. The van der Waals surface area contributed by atoms with E-state index in [-0.39, 0.29) is 12.5 Å². The molecule has 6 nitrogen and oxygen atoms in total. The maximum Gasteiger partial charge on any atom is 0.327 e. The molecule has 0 saturated heterocycles. The number of hydrogen-bond acceptors (Lipinski definition) is 5. The Bertz CT molecular complexity index is 975. The molecule has 0 aliphatic rings. The number of likely N-dealkylation sites (N-methyl/N-ethyl adjacent to an activating group) is 1. The van der Waals surface area contributed by atoms with Gasteiger partial charge in [-0.2, -0.15) is 5.10 Å². The van der Waals surface area contributed by atoms with E-state index in [1.54, 1.807) is 6.92 Å². The second-order valence-electron chi connectivity index (χ2n) is 6.96. The van der Waals surface area contributed by atoms with Gasteiger partial charge in [-0.05, 0) is 46.1 Å². The zero-order chi connectivity index (χ0) is 20.3. The average molecular weight is 402 g/mol. The molecular formula is C21H24ClN3O3. The fourth-order valence-corrected chi connectivity index (χ4v) is 3.07. The Balaban J connectivity index is 1.84. The molecule has 0 aliphatic heterocycles. The van der Waals surface area contributed by atoms with Crippen LogP contribution >= 0.6 is 11.6 Å². The smallest absolute Gasteiger partial charge is 0.327 e. The van der Waals surface area contributed by atoms with Crippen molar-refractivity contribution in [1.82, 2.24) is 14.7 Å². The fourth-order valence-electron chi connectivity index (χ4n) is 2.84. The molecular weight excluding hydrogens is 378 g/mol. The molecule has 2 aromatic heterocycles. The highest BCUT2D eigenvalue weighted by atomic mass is 35.5. The van der Waals surface area contributed by atoms with Crippen molar-refractivity contribution in [2.45, 2.75) is 20.4 Å². The van der Waals surface area contributed by atoms with Gasteiger partial charge < -0.3 is 14.1 Å². The number of halogens is 1. The summed E-state index contributed by atoms with van der Waals surface area (Å²) in [5, 5.41) is 4.84. The van der Waals surface area contributed by atoms with Crippen LogP contribution in [0.4, 0.5) is 0 Å². The van der Waals surface area contributed by atoms with Crippen LogP contribution in [0.5, 0.6) is 0 Å². The maximum atomic E-state index is 12.2. The van der Waals surface area contributed by atoms with Gasteiger partial charge in [-0.25, -0.2) is 4.68 Å². The lowest BCUT2D eigenvalue weighted by Gasteiger charge is -2.10. The molecule has 0 amide bonds. The molecule has 0 atom stereocenters. The first-order valence-electron chi connectivity index (χ1n) is 9.05. The molecule has 3 rings (SSSR count). The van der Waals surface area contributed by atoms with E-state index in [1.165, 1.54) is 4.68 Å². The van der Waals surface area contributed by atoms with Crippen molar-refractivity contribution in [2.24, 2.45) is 0 Å². The van der Waals surface area contributed by atoms with Gasteiger partial charge in [0.1, 0.15) is 24.6 Å². The third-order valence-corrected chi connectivity index (χ3v) is 4.73. The van der Waals surface area contributed by atoms with E-state index in [4.69, 9.17) is 20.8 Å². The fraction of sp³-hybridized carbons (Fsp3) is 0.333. The quantitative estimate of drug-likeness (QED) is 0.555. The first-order valence-corrected chi connectivity index (χ1v) is 9.43. The number of carbonyl (C=O) groups excluding carboxylic acids is 1. The van der Waals surface area contributed by atoms with Crippen LogP contribution in [0.3, 0.4) is 0 Å². The lowest BCUT2D eigenvalue weighted by Crippen LogP contribution is -2.22. The van der Waals surface area contributed by atoms with E-state index < -0.39 is 0 Å². The van der Waals surface area contributed by atoms with Crippen LogP contribution in [0.1, 0.15) is 11.3 Å². The van der Waals surface area contributed by atoms with Crippen LogP contribution in [0.25, 0.3) is 22.8 Å². The highest BCUT2D eigenvalue weighted by Crippen LogP contribution is 2.34. The van der Waals surface area contributed by atoms with Crippen molar-refractivity contribution in [3.05, 3.63) is 52.7 Å². The lowest BCUT2D eigenvalue weighted by molar-refractivity contribution is -0.144. The van der Waals surface area contributed by atoms with Gasteiger partial charge in [-0.1, -0.05) is 35.4 Å². The lowest BCUT2D eigenvalue weighted by atomic mass is 10.1. The minimum atomic E-state index is -0.368. The van der Waals surface area contributed by atoms with E-state index in [0.717, 1.165) is 16.9 Å². The van der Waals surface area contributed by atoms with Gasteiger partial charge in [0.25, 0.3) is 0 Å². The van der Waals surface area contributed by atoms with Crippen molar-refractivity contribution < 1.29 is 13.9 Å². The normalized spacial score (nSPS) is 11.2. The Hall–Kier alpha value is -2.57. The molecule has 2 heterocycles. The minimum Gasteiger partial charge on any atom is -0.463 e. The number of benzene rings is 1. The second kappa shape index (κ2) is 8.63. The largest absolute Gasteiger partial charge is 0.463 e. The number of furan rings is 1. The molecule has 0 aliphatic carbocycles. The molecule has 0 bridgehead atoms. The van der Waals surface area contributed by atoms with Crippen LogP contribution in [-0.4, -0.2) is 47.9 Å². The third-order valence-electron chi connectivity index (χ3n) is 4.28. The molecule has 28 heavy (non-hydrogen) atoms. The van der Waals surface area contributed by atoms with Gasteiger partial charge in [0.05, 0.1) is 10.7 Å². The van der Waals surface area contributed by atoms with Crippen LogP contribution in [-0.2, 0) is 16.1 Å². The predicted molar refractivity (Wildman–Crippen MR) is 109 cm³/mol. The molecule has 0 radical (unpaired) electrons. The number of rotatable bonds is 7. The highest BCUT2D eigenvalue weighted by molar-refractivity contribution is 6.33. The monoisotopic (exact) mass is 401 g/mol. The van der Waals surface area contributed by atoms with Crippen molar-refractivity contribution in [3.8, 4) is 22.8 Å². The summed E-state index contributed by atoms with van der Waals surface area (Å²) in [5.74, 6) is 0.921. The number of hydrogen-bond donors (Lipinski definition) is 0. The molecule has 148 valence electrons. The van der Waals surface area contributed by atoms with Crippen molar-refractivity contribution in [3.63, 3.8) is 0 Å². The summed E-state index contributed by atoms with van der Waals surface area (Å²) in [6.45, 7) is 4.79. The van der Waals surface area contributed by atoms with Gasteiger partial charge in [0, 0.05) is 12.1 Å². The van der Waals surface area contributed by atoms with Gasteiger partial charge in [0.2, 0.25) is 0 Å². The highest BCUT2D eigenvalue weighted by Gasteiger charge is 2.21. The molecule has 7 heteroatoms. The first kappa shape index (κ1) is 20.2. The Morgan fingerprint density at radius 1 is 1.21 bits per heavy atom. The standard InChI is InChI=1S/C21H24ClN3O3/c1-14-6-5-7-16(12-14)17-8-9-18(28-17)21-20(22)15(2)23-25(21)13-19(26)27-11-10-24(3)4/h5-9,12H,10-11,13H2,1-4H3. The first-order chi connectivity index (χ1) is 13.3. The number of nitrogens with zero attached hydrogens (tertiary/aromatic N) is 3. The molecule has 0 spiro atoms. The van der Waals surface area contributed by atoms with Gasteiger partial charge in [0.15, 0.2) is 5.76 Å². The van der Waals surface area contributed by atoms with Crippen molar-refractivity contribution >= 4 is 17.6 Å². The minimum absolute atomic E-state index is 0.0310. The molecule has 0 fully saturated rings. The van der Waals surface area contributed by atoms with Crippen LogP contribution in [0, 0.1) is 13.8 Å². The van der Waals surface area contributed by atoms with Crippen LogP contribution < -0.4 is 0 Å². The predicted octanol–water partition coefficient (Wildman–Crippen LogP) is 4.19. The number of esters is 1. The summed E-state index contributed by atoms with van der Waals surface area (Å²) in [6, 6.07) is 11.8. The van der Waals surface area contributed by atoms with E-state index >= 15 is 0 Å². The molecule has 3 aromatic rings. The topological polar surface area (TPSA) is 60.5 Å². The molecule has 0 N–H and O–H groups in total. The summed E-state index contributed by atoms with van der Waals surface area (Å²) >= 11 is 6.46. The number of aromatic nitrogens is 2. The molecule has 1 aromatic carbocycles. The van der Waals surface area contributed by atoms with Crippen LogP contribution in [0.2, 0.25) is 5.02 Å². The Labute approximate surface area is 169 Å². The van der Waals surface area contributed by atoms with Gasteiger partial charge in [-0.15, -0.1) is 0 Å². The van der Waals surface area contributed by atoms with Crippen LogP contribution in [0.15, 0.2) is 40.8 Å². The average Bonchev–Trinajstić information content (AvgIpc) is 3.20. The number of ether oxygens (including phenoxy) is 1. The zero-order valence-electron chi connectivity index (χ0n) is 16.5. The second-order valence-corrected chi connectivity index (χ2v) is 7.34. The van der Waals surface area contributed by atoms with Gasteiger partial charge >= 0.3 is 5.97 Å². The SMILES string of the molecule is Cc1cccc(-c2ccc(-c3c(Cl)c(C)nn3CC(=O)OCCN(C)C)o2)c1. The zero-order valence-corrected chi connectivity index (χ0v) is 17.3. The summed E-state index contributed by atoms with van der Waals surface area (Å²) in [5.41, 5.74) is 3.33. The Morgan fingerprint density at radius 3 is 2.68 bits per heavy atom. The van der Waals surface area contributed by atoms with E-state index in [1.807, 2.05) is 56.3 Å². The summed E-state index contributed by atoms with van der Waals surface area (Å²) in [6.07, 6.45) is 0. The number of aryl methyl sites for hydroxylation is 2. The number of carbonyl (C=O) groups is 1. The molecule has 0 unspecified atom stereocenters. The van der Waals surface area contributed by atoms with E-state index in [9.17, 15) is 4.79 Å². The van der Waals surface area contributed by atoms with E-state index in [2.05, 4.69) is 11.2 Å². The Morgan fingerprint density at radius 2 is 1.96 bits per heavy atom. The van der Waals surface area contributed by atoms with Crippen molar-refractivity contribution in [1.29, 1.82) is 0 Å². The summed E-state index contributed by atoms with van der Waals surface area (Å²) < 4.78 is 12.8. The maximum absolute atomic E-state index is 12.2. The summed E-state index contributed by atoms with van der Waals surface area (Å²) in [7, 11) is 3.84. The van der Waals surface area contributed by atoms with E-state index in [0.29, 0.717) is 35.3 Å².